The van der Waals surface area contributed by atoms with Crippen LogP contribution >= 0.6 is 22.9 Å². The molecule has 4 nitrogen and oxygen atoms in total. The summed E-state index contributed by atoms with van der Waals surface area (Å²) in [7, 11) is 0. The molecule has 1 fully saturated rings. The SMILES string of the molecule is O=C(Cc1csc2ccc(Cl)cc12)NC1(C(=O)O)CCCC1. The number of aliphatic carboxylic acids is 1. The quantitative estimate of drug-likeness (QED) is 0.895. The molecule has 1 saturated carbocycles. The van der Waals surface area contributed by atoms with Gasteiger partial charge in [0, 0.05) is 9.72 Å². The molecule has 1 aliphatic carbocycles. The van der Waals surface area contributed by atoms with E-state index in [-0.39, 0.29) is 12.3 Å². The van der Waals surface area contributed by atoms with Crippen LogP contribution in [-0.2, 0) is 16.0 Å². The molecule has 1 heterocycles. The highest BCUT2D eigenvalue weighted by molar-refractivity contribution is 7.17. The van der Waals surface area contributed by atoms with E-state index in [9.17, 15) is 14.7 Å². The van der Waals surface area contributed by atoms with Gasteiger partial charge < -0.3 is 10.4 Å². The molecule has 2 N–H and O–H groups in total. The zero-order valence-corrected chi connectivity index (χ0v) is 13.5. The normalized spacial score (nSPS) is 16.8. The smallest absolute Gasteiger partial charge is 0.329 e. The van der Waals surface area contributed by atoms with Gasteiger partial charge in [-0.2, -0.15) is 0 Å². The second-order valence-electron chi connectivity index (χ2n) is 5.72. The van der Waals surface area contributed by atoms with Gasteiger partial charge >= 0.3 is 5.97 Å². The number of carboxylic acid groups (broad SMARTS) is 1. The van der Waals surface area contributed by atoms with Crippen molar-refractivity contribution in [2.75, 3.05) is 0 Å². The molecular formula is C16H16ClNO3S. The summed E-state index contributed by atoms with van der Waals surface area (Å²) in [6.07, 6.45) is 2.86. The van der Waals surface area contributed by atoms with Crippen molar-refractivity contribution in [3.63, 3.8) is 0 Å². The van der Waals surface area contributed by atoms with Gasteiger partial charge in [-0.3, -0.25) is 4.79 Å². The van der Waals surface area contributed by atoms with Gasteiger partial charge in [-0.05, 0) is 47.4 Å². The van der Waals surface area contributed by atoms with Crippen LogP contribution in [0.25, 0.3) is 10.1 Å². The molecule has 0 spiro atoms. The fourth-order valence-electron chi connectivity index (χ4n) is 3.05. The number of rotatable bonds is 4. The molecule has 22 heavy (non-hydrogen) atoms. The maximum absolute atomic E-state index is 12.3. The molecule has 0 bridgehead atoms. The highest BCUT2D eigenvalue weighted by Gasteiger charge is 2.42. The summed E-state index contributed by atoms with van der Waals surface area (Å²) in [6, 6.07) is 5.60. The largest absolute Gasteiger partial charge is 0.480 e. The zero-order valence-electron chi connectivity index (χ0n) is 11.9. The van der Waals surface area contributed by atoms with Crippen LogP contribution in [0.15, 0.2) is 23.6 Å². The predicted molar refractivity (Wildman–Crippen MR) is 87.5 cm³/mol. The minimum Gasteiger partial charge on any atom is -0.480 e. The number of thiophene rings is 1. The first-order valence-corrected chi connectivity index (χ1v) is 8.46. The third-order valence-electron chi connectivity index (χ3n) is 4.21. The van der Waals surface area contributed by atoms with Crippen LogP contribution in [0.2, 0.25) is 5.02 Å². The maximum Gasteiger partial charge on any atom is 0.329 e. The lowest BCUT2D eigenvalue weighted by molar-refractivity contribution is -0.147. The summed E-state index contributed by atoms with van der Waals surface area (Å²) >= 11 is 7.57. The van der Waals surface area contributed by atoms with Gasteiger partial charge in [0.25, 0.3) is 0 Å². The van der Waals surface area contributed by atoms with Crippen molar-refractivity contribution < 1.29 is 14.7 Å². The van der Waals surface area contributed by atoms with Crippen LogP contribution in [0.3, 0.4) is 0 Å². The van der Waals surface area contributed by atoms with E-state index in [1.54, 1.807) is 11.3 Å². The van der Waals surface area contributed by atoms with Crippen LogP contribution in [0.4, 0.5) is 0 Å². The van der Waals surface area contributed by atoms with Gasteiger partial charge in [0.05, 0.1) is 6.42 Å². The van der Waals surface area contributed by atoms with E-state index in [1.807, 2.05) is 23.6 Å². The first-order valence-electron chi connectivity index (χ1n) is 7.20. The minimum absolute atomic E-state index is 0.176. The summed E-state index contributed by atoms with van der Waals surface area (Å²) in [5, 5.41) is 15.7. The van der Waals surface area contributed by atoms with Gasteiger partial charge in [-0.15, -0.1) is 11.3 Å². The third-order valence-corrected chi connectivity index (χ3v) is 5.46. The molecule has 6 heteroatoms. The van der Waals surface area contributed by atoms with E-state index in [0.29, 0.717) is 17.9 Å². The standard InChI is InChI=1S/C16H16ClNO3S/c17-11-3-4-13-12(8-11)10(9-22-13)7-14(19)18-16(15(20)21)5-1-2-6-16/h3-4,8-9H,1-2,5-7H2,(H,18,19)(H,20,21). The average Bonchev–Trinajstić information content (AvgIpc) is 3.07. The van der Waals surface area contributed by atoms with Crippen molar-refractivity contribution in [2.24, 2.45) is 0 Å². The molecule has 1 aromatic heterocycles. The topological polar surface area (TPSA) is 66.4 Å². The summed E-state index contributed by atoms with van der Waals surface area (Å²) in [5.41, 5.74) is -0.195. The number of carbonyl (C=O) groups is 2. The predicted octanol–water partition coefficient (Wildman–Crippen LogP) is 3.61. The number of amides is 1. The van der Waals surface area contributed by atoms with E-state index < -0.39 is 11.5 Å². The van der Waals surface area contributed by atoms with Crippen molar-refractivity contribution in [2.45, 2.75) is 37.6 Å². The van der Waals surface area contributed by atoms with Crippen LogP contribution in [0.5, 0.6) is 0 Å². The lowest BCUT2D eigenvalue weighted by Crippen LogP contribution is -2.52. The molecule has 1 aliphatic rings. The van der Waals surface area contributed by atoms with Crippen molar-refractivity contribution in [3.05, 3.63) is 34.2 Å². The van der Waals surface area contributed by atoms with Crippen molar-refractivity contribution in [3.8, 4) is 0 Å². The maximum atomic E-state index is 12.3. The molecule has 116 valence electrons. The number of halogens is 1. The summed E-state index contributed by atoms with van der Waals surface area (Å²) in [4.78, 5) is 23.8. The van der Waals surface area contributed by atoms with E-state index in [0.717, 1.165) is 28.5 Å². The second-order valence-corrected chi connectivity index (χ2v) is 7.07. The summed E-state index contributed by atoms with van der Waals surface area (Å²) in [5.74, 6) is -1.18. The minimum atomic E-state index is -1.08. The monoisotopic (exact) mass is 337 g/mol. The van der Waals surface area contributed by atoms with E-state index in [1.165, 1.54) is 0 Å². The van der Waals surface area contributed by atoms with Crippen molar-refractivity contribution in [1.29, 1.82) is 0 Å². The Hall–Kier alpha value is -1.59. The summed E-state index contributed by atoms with van der Waals surface area (Å²) in [6.45, 7) is 0. The Morgan fingerprint density at radius 1 is 1.32 bits per heavy atom. The Morgan fingerprint density at radius 2 is 2.05 bits per heavy atom. The molecule has 3 rings (SSSR count). The third kappa shape index (κ3) is 2.83. The Labute approximate surface area is 137 Å². The Balaban J connectivity index is 1.78. The average molecular weight is 338 g/mol. The van der Waals surface area contributed by atoms with Crippen LogP contribution < -0.4 is 5.32 Å². The number of nitrogens with one attached hydrogen (secondary N) is 1. The van der Waals surface area contributed by atoms with Crippen LogP contribution in [0, 0.1) is 0 Å². The Bertz CT molecular complexity index is 734. The van der Waals surface area contributed by atoms with Gasteiger partial charge in [0.2, 0.25) is 5.91 Å². The van der Waals surface area contributed by atoms with Crippen molar-refractivity contribution in [1.82, 2.24) is 5.32 Å². The molecule has 0 unspecified atom stereocenters. The van der Waals surface area contributed by atoms with Crippen LogP contribution in [-0.4, -0.2) is 22.5 Å². The zero-order chi connectivity index (χ0) is 15.7. The molecule has 1 amide bonds. The van der Waals surface area contributed by atoms with Gasteiger partial charge in [0.15, 0.2) is 0 Å². The number of carboxylic acids is 1. The first-order chi connectivity index (χ1) is 10.5. The van der Waals surface area contributed by atoms with E-state index in [2.05, 4.69) is 5.32 Å². The van der Waals surface area contributed by atoms with E-state index >= 15 is 0 Å². The summed E-state index contributed by atoms with van der Waals surface area (Å²) < 4.78 is 1.07. The molecule has 0 atom stereocenters. The first kappa shape index (κ1) is 15.3. The number of hydrogen-bond donors (Lipinski definition) is 2. The number of fused-ring (bicyclic) bond motifs is 1. The van der Waals surface area contributed by atoms with Gasteiger partial charge in [-0.1, -0.05) is 24.4 Å². The van der Waals surface area contributed by atoms with Gasteiger partial charge in [-0.25, -0.2) is 4.79 Å². The Morgan fingerprint density at radius 3 is 2.73 bits per heavy atom. The lowest BCUT2D eigenvalue weighted by atomic mass is 9.97. The van der Waals surface area contributed by atoms with Gasteiger partial charge in [0.1, 0.15) is 5.54 Å². The molecule has 1 aromatic carbocycles. The fourth-order valence-corrected chi connectivity index (χ4v) is 4.16. The Kier molecular flexibility index (Phi) is 4.10. The second kappa shape index (κ2) is 5.89. The van der Waals surface area contributed by atoms with Crippen molar-refractivity contribution >= 4 is 44.9 Å². The lowest BCUT2D eigenvalue weighted by Gasteiger charge is -2.25. The highest BCUT2D eigenvalue weighted by atomic mass is 35.5. The van der Waals surface area contributed by atoms with Crippen LogP contribution in [0.1, 0.15) is 31.2 Å². The number of carbonyl (C=O) groups excluding carboxylic acids is 1. The molecular weight excluding hydrogens is 322 g/mol. The molecule has 0 radical (unpaired) electrons. The molecule has 2 aromatic rings. The highest BCUT2D eigenvalue weighted by Crippen LogP contribution is 2.31. The molecule has 0 aliphatic heterocycles. The number of benzene rings is 1. The number of hydrogen-bond acceptors (Lipinski definition) is 3. The van der Waals surface area contributed by atoms with E-state index in [4.69, 9.17) is 11.6 Å². The fraction of sp³-hybridized carbons (Fsp3) is 0.375. The molecule has 0 saturated heterocycles.